The van der Waals surface area contributed by atoms with Crippen LogP contribution in [-0.2, 0) is 69.2 Å². The van der Waals surface area contributed by atoms with Gasteiger partial charge < -0.3 is 55.3 Å². The predicted octanol–water partition coefficient (Wildman–Crippen LogP) is 13.6. The van der Waals surface area contributed by atoms with Crippen molar-refractivity contribution in [3.8, 4) is 17.2 Å². The average molecular weight is 1930 g/mol. The first-order chi connectivity index (χ1) is 70.0. The van der Waals surface area contributed by atoms with Crippen LogP contribution in [0.25, 0.3) is 32.7 Å². The first-order valence-corrected chi connectivity index (χ1v) is 50.9. The van der Waals surface area contributed by atoms with Crippen molar-refractivity contribution in [3.05, 3.63) is 355 Å². The number of nitrogens with zero attached hydrogens (tertiary/aromatic N) is 12. The number of piperazine rings is 3. The molecule has 0 bridgehead atoms. The highest BCUT2D eigenvalue weighted by atomic mass is 16.5. The summed E-state index contributed by atoms with van der Waals surface area (Å²) in [6, 6.07) is 94.0. The molecule has 26 nitrogen and oxygen atoms in total. The molecular formula is C117H141N15O11. The van der Waals surface area contributed by atoms with Crippen LogP contribution >= 0.6 is 0 Å². The summed E-state index contributed by atoms with van der Waals surface area (Å²) in [4.78, 5) is 101. The Hall–Kier alpha value is -13.3. The van der Waals surface area contributed by atoms with Gasteiger partial charge in [0.2, 0.25) is 29.5 Å². The van der Waals surface area contributed by atoms with Crippen LogP contribution in [0.4, 0.5) is 0 Å². The van der Waals surface area contributed by atoms with Gasteiger partial charge in [-0.05, 0) is 195 Å². The predicted molar refractivity (Wildman–Crippen MR) is 564 cm³/mol. The standard InChI is InChI=1S/C45H54N6O4.C40H51N5O4.C32H36N4O3/c52-39(34-55-43-23-9-22-41-40(43)21-11-25-47-41)32-50-26-28-51(29-27-50)33-44(53)49-42(30-37-18-10-24-46-31-37)45(54)48-38(19-7-16-35-12-3-1-4-13-35)20-8-17-36-14-5-2-6-15-36;1-43(29-39(47)42-34(18-8-16-32-12-4-2-5-13-32)19-9-17-33-14-6-3-7-15-33)40(48)30-45-26-24-44(25-27-45)28-35(46)31-49-38-22-10-21-37-36(38)20-11-23-41-37;37-28(25-39-31-15-7-14-30-29(31)13-8-16-33-30)23-34-17-19-35(20-18-34)24-32(38)36(21-26-9-3-1-4-10-26)22-27-11-5-2-6-12-27/h1-6,9-15,18,21-25,31,38-39,42,52H,7-8,16-17,19-20,26-30,32-34H2,(H,48,54)(H,49,53);2-7,10-15,20-23,34-35,46H,8-9,16-19,24-31H2,1H3,(H,42,47);1-16,28,37H,17-25H2/t39-,42+;35-;28-/m111/s1. The molecule has 0 saturated carbocycles. The molecule has 13 aromatic rings. The maximum atomic E-state index is 14.0. The van der Waals surface area contributed by atoms with E-state index in [-0.39, 0.29) is 81.1 Å². The molecule has 16 rings (SSSR count). The molecule has 0 radical (unpaired) electrons. The lowest BCUT2D eigenvalue weighted by atomic mass is 9.98. The number of aryl methyl sites for hydroxylation is 4. The van der Waals surface area contributed by atoms with Crippen LogP contribution < -0.4 is 30.2 Å². The Balaban J connectivity index is 0.000000173. The Labute approximate surface area is 842 Å². The zero-order chi connectivity index (χ0) is 99.2. The number of pyridine rings is 4. The molecular weight excluding hydrogens is 1790 g/mol. The van der Waals surface area contributed by atoms with Gasteiger partial charge in [-0.2, -0.15) is 0 Å². The number of nitrogens with one attached hydrogen (secondary N) is 3. The lowest BCUT2D eigenvalue weighted by Gasteiger charge is -2.36. The molecule has 26 heteroatoms. The number of β-amino-alcohol motifs (C(OH)–C–C–N with tert-alkyl or cyclic N) is 3. The van der Waals surface area contributed by atoms with Crippen LogP contribution in [0.5, 0.6) is 17.2 Å². The third kappa shape index (κ3) is 36.3. The Morgan fingerprint density at radius 2 is 0.657 bits per heavy atom. The Morgan fingerprint density at radius 3 is 1.01 bits per heavy atom. The van der Waals surface area contributed by atoms with Crippen LogP contribution in [0, 0.1) is 0 Å². The van der Waals surface area contributed by atoms with Gasteiger partial charge in [0, 0.05) is 184 Å². The number of aliphatic hydroxyl groups excluding tert-OH is 3. The van der Waals surface area contributed by atoms with Crippen LogP contribution in [0.15, 0.2) is 316 Å². The summed E-state index contributed by atoms with van der Waals surface area (Å²) in [6.45, 7) is 13.2. The van der Waals surface area contributed by atoms with Crippen molar-refractivity contribution < 1.29 is 53.5 Å². The fraction of sp³-hybridized carbons (Fsp3) is 0.376. The first kappa shape index (κ1) is 106. The smallest absolute Gasteiger partial charge is 0.243 e. The molecule has 3 aliphatic heterocycles. The Morgan fingerprint density at radius 1 is 0.336 bits per heavy atom. The van der Waals surface area contributed by atoms with E-state index in [0.29, 0.717) is 70.3 Å². The number of rotatable bonds is 49. The third-order valence-corrected chi connectivity index (χ3v) is 26.6. The molecule has 4 aromatic heterocycles. The van der Waals surface area contributed by atoms with Crippen molar-refractivity contribution in [1.29, 1.82) is 0 Å². The molecule has 3 aliphatic rings. The van der Waals surface area contributed by atoms with Crippen molar-refractivity contribution in [3.63, 3.8) is 0 Å². The van der Waals surface area contributed by atoms with E-state index >= 15 is 0 Å². The largest absolute Gasteiger partial charge is 0.490 e. The summed E-state index contributed by atoms with van der Waals surface area (Å²) < 4.78 is 17.9. The van der Waals surface area contributed by atoms with Crippen LogP contribution in [-0.4, -0.2) is 292 Å². The topological polar surface area (TPSA) is 287 Å². The van der Waals surface area contributed by atoms with Gasteiger partial charge in [0.05, 0.1) is 42.7 Å². The van der Waals surface area contributed by atoms with Gasteiger partial charge in [0.15, 0.2) is 0 Å². The van der Waals surface area contributed by atoms with Crippen molar-refractivity contribution in [2.75, 3.05) is 151 Å². The first-order valence-electron chi connectivity index (χ1n) is 50.9. The molecule has 9 aromatic carbocycles. The number of hydrogen-bond donors (Lipinski definition) is 6. The fourth-order valence-corrected chi connectivity index (χ4v) is 18.7. The zero-order valence-electron chi connectivity index (χ0n) is 82.6. The van der Waals surface area contributed by atoms with Gasteiger partial charge in [-0.3, -0.25) is 73.3 Å². The Bertz CT molecular complexity index is 5790. The van der Waals surface area contributed by atoms with Crippen molar-refractivity contribution >= 4 is 62.2 Å². The van der Waals surface area contributed by atoms with Crippen LogP contribution in [0.3, 0.4) is 0 Å². The number of carbonyl (C=O) groups is 5. The minimum atomic E-state index is -0.726. The number of aromatic nitrogens is 4. The highest BCUT2D eigenvalue weighted by Crippen LogP contribution is 2.29. The fourth-order valence-electron chi connectivity index (χ4n) is 18.7. The highest BCUT2D eigenvalue weighted by molar-refractivity contribution is 5.90. The van der Waals surface area contributed by atoms with E-state index in [0.717, 1.165) is 198 Å². The number of likely N-dealkylation sites (N-methyl/N-ethyl adjacent to an activating group) is 1. The molecule has 750 valence electrons. The van der Waals surface area contributed by atoms with Gasteiger partial charge in [-0.15, -0.1) is 0 Å². The summed E-state index contributed by atoms with van der Waals surface area (Å²) in [6.07, 6.45) is 18.5. The molecule has 143 heavy (non-hydrogen) atoms. The normalized spacial score (nSPS) is 14.8. The number of fused-ring (bicyclic) bond motifs is 3. The molecule has 4 atom stereocenters. The highest BCUT2D eigenvalue weighted by Gasteiger charge is 2.31. The van der Waals surface area contributed by atoms with Crippen molar-refractivity contribution in [1.82, 2.24) is 75.1 Å². The molecule has 0 spiro atoms. The number of amides is 5. The van der Waals surface area contributed by atoms with Gasteiger partial charge in [-0.1, -0.05) is 206 Å². The molecule has 6 N–H and O–H groups in total. The van der Waals surface area contributed by atoms with Crippen LogP contribution in [0.1, 0.15) is 90.3 Å². The lowest BCUT2D eigenvalue weighted by molar-refractivity contribution is -0.136. The van der Waals surface area contributed by atoms with E-state index in [1.165, 1.54) is 27.2 Å². The number of ether oxygens (including phenoxy) is 3. The van der Waals surface area contributed by atoms with Gasteiger partial charge in [-0.25, -0.2) is 0 Å². The van der Waals surface area contributed by atoms with Gasteiger partial charge >= 0.3 is 0 Å². The summed E-state index contributed by atoms with van der Waals surface area (Å²) in [5.74, 6) is 1.77. The molecule has 7 heterocycles. The minimum Gasteiger partial charge on any atom is -0.490 e. The quantitative estimate of drug-likeness (QED) is 0.0207. The molecule has 5 amide bonds. The zero-order valence-corrected chi connectivity index (χ0v) is 82.6. The summed E-state index contributed by atoms with van der Waals surface area (Å²) in [5.41, 5.74) is 10.9. The maximum absolute atomic E-state index is 14.0. The second-order valence-corrected chi connectivity index (χ2v) is 37.7. The van der Waals surface area contributed by atoms with Crippen molar-refractivity contribution in [2.24, 2.45) is 0 Å². The second-order valence-electron chi connectivity index (χ2n) is 37.7. The maximum Gasteiger partial charge on any atom is 0.243 e. The summed E-state index contributed by atoms with van der Waals surface area (Å²) >= 11 is 0. The lowest BCUT2D eigenvalue weighted by Crippen LogP contribution is -2.55. The summed E-state index contributed by atoms with van der Waals surface area (Å²) in [7, 11) is 1.71. The van der Waals surface area contributed by atoms with E-state index < -0.39 is 24.4 Å². The summed E-state index contributed by atoms with van der Waals surface area (Å²) in [5, 5.41) is 44.5. The van der Waals surface area contributed by atoms with E-state index in [1.54, 1.807) is 38.0 Å². The van der Waals surface area contributed by atoms with Gasteiger partial charge in [0.25, 0.3) is 0 Å². The monoisotopic (exact) mass is 1930 g/mol. The molecule has 0 aliphatic carbocycles. The Kier molecular flexibility index (Phi) is 42.6. The SMILES string of the molecule is CN(CC(=O)NC(CCCc1ccccc1)CCCc1ccccc1)C(=O)CN1CCN(C[C@@H](O)COc2cccc3ncccc23)CC1.O=C(CN1CCN(C[C@@H](O)COc2cccc3ncccc23)CC1)N(Cc1ccccc1)Cc1ccccc1.O=C(CN1CCN(C[C@@H](O)COc2cccc3ncccc23)CC1)N[C@@H](Cc1cccnc1)C(=O)NC(CCCc1ccccc1)CCCc1ccccc1. The van der Waals surface area contributed by atoms with E-state index in [1.807, 2.05) is 169 Å². The number of carbonyl (C=O) groups excluding carboxylic acids is 5. The number of benzene rings is 9. The number of hydrogen-bond acceptors (Lipinski definition) is 21. The van der Waals surface area contributed by atoms with Gasteiger partial charge in [0.1, 0.15) is 61.4 Å². The number of aliphatic hydroxyl groups is 3. The van der Waals surface area contributed by atoms with Crippen LogP contribution in [0.2, 0.25) is 0 Å². The minimum absolute atomic E-state index is 0.00824. The van der Waals surface area contributed by atoms with E-state index in [2.05, 4.69) is 187 Å². The molecule has 0 unspecified atom stereocenters. The molecule has 3 saturated heterocycles. The second kappa shape index (κ2) is 57.7. The van der Waals surface area contributed by atoms with E-state index in [4.69, 9.17) is 14.2 Å². The molecule has 3 fully saturated rings. The average Bonchev–Trinajstić information content (AvgIpc) is 0.835. The van der Waals surface area contributed by atoms with E-state index in [9.17, 15) is 39.3 Å². The third-order valence-electron chi connectivity index (χ3n) is 26.6. The van der Waals surface area contributed by atoms with Crippen molar-refractivity contribution in [2.45, 2.75) is 133 Å².